The second-order valence-corrected chi connectivity index (χ2v) is 5.09. The van der Waals surface area contributed by atoms with E-state index in [4.69, 9.17) is 14.6 Å². The van der Waals surface area contributed by atoms with Gasteiger partial charge in [0.15, 0.2) is 0 Å². The number of nitrogens with one attached hydrogen (secondary N) is 1. The minimum atomic E-state index is -0.915. The van der Waals surface area contributed by atoms with Crippen LogP contribution < -0.4 is 5.32 Å². The molecule has 24 heavy (non-hydrogen) atoms. The van der Waals surface area contributed by atoms with E-state index in [-0.39, 0.29) is 51.0 Å². The first-order valence-corrected chi connectivity index (χ1v) is 7.60. The molecule has 134 valence electrons. The van der Waals surface area contributed by atoms with E-state index in [0.717, 1.165) is 4.90 Å². The molecular formula is C15H22N2O7. The maximum Gasteiger partial charge on any atom is 0.305 e. The first-order chi connectivity index (χ1) is 11.4. The van der Waals surface area contributed by atoms with Gasteiger partial charge in [-0.2, -0.15) is 0 Å². The molecule has 0 saturated heterocycles. The van der Waals surface area contributed by atoms with Gasteiger partial charge in [0.05, 0.1) is 32.8 Å². The lowest BCUT2D eigenvalue weighted by atomic mass is 10.3. The number of hydrogen-bond acceptors (Lipinski definition) is 6. The quantitative estimate of drug-likeness (QED) is 0.356. The molecular weight excluding hydrogens is 320 g/mol. The number of imide groups is 1. The van der Waals surface area contributed by atoms with Crippen molar-refractivity contribution in [3.05, 3.63) is 11.6 Å². The lowest BCUT2D eigenvalue weighted by Crippen LogP contribution is -2.36. The Labute approximate surface area is 139 Å². The minimum Gasteiger partial charge on any atom is -0.481 e. The van der Waals surface area contributed by atoms with Crippen LogP contribution in [0.5, 0.6) is 0 Å². The third-order valence-electron chi connectivity index (χ3n) is 3.15. The van der Waals surface area contributed by atoms with Crippen molar-refractivity contribution in [2.75, 3.05) is 39.5 Å². The monoisotopic (exact) mass is 342 g/mol. The summed E-state index contributed by atoms with van der Waals surface area (Å²) >= 11 is 0. The van der Waals surface area contributed by atoms with E-state index in [1.807, 2.05) is 0 Å². The first-order valence-electron chi connectivity index (χ1n) is 7.60. The zero-order chi connectivity index (χ0) is 17.9. The Kier molecular flexibility index (Phi) is 8.66. The highest BCUT2D eigenvalue weighted by molar-refractivity contribution is 6.15. The fraction of sp³-hybridized carbons (Fsp3) is 0.600. The van der Waals surface area contributed by atoms with E-state index < -0.39 is 11.9 Å². The minimum absolute atomic E-state index is 0.0386. The fourth-order valence-corrected chi connectivity index (χ4v) is 1.90. The molecule has 1 heterocycles. The number of carboxylic acid groups (broad SMARTS) is 1. The Morgan fingerprint density at radius 2 is 1.79 bits per heavy atom. The Morgan fingerprint density at radius 1 is 1.12 bits per heavy atom. The second-order valence-electron chi connectivity index (χ2n) is 5.09. The molecule has 0 atom stereocenters. The van der Waals surface area contributed by atoms with Crippen LogP contribution in [0.2, 0.25) is 0 Å². The summed E-state index contributed by atoms with van der Waals surface area (Å²) in [6, 6.07) is 0. The van der Waals surface area contributed by atoms with E-state index in [1.165, 1.54) is 6.08 Å². The van der Waals surface area contributed by atoms with Crippen molar-refractivity contribution >= 4 is 23.7 Å². The third kappa shape index (κ3) is 7.34. The Bertz CT molecular complexity index is 516. The van der Waals surface area contributed by atoms with E-state index in [2.05, 4.69) is 5.32 Å². The summed E-state index contributed by atoms with van der Waals surface area (Å²) in [5.41, 5.74) is 0.374. The van der Waals surface area contributed by atoms with Crippen molar-refractivity contribution in [1.29, 1.82) is 0 Å². The molecule has 1 aliphatic heterocycles. The fourth-order valence-electron chi connectivity index (χ4n) is 1.90. The summed E-state index contributed by atoms with van der Waals surface area (Å²) in [6.45, 7) is 2.92. The summed E-state index contributed by atoms with van der Waals surface area (Å²) in [5, 5.41) is 11.0. The molecule has 0 bridgehead atoms. The van der Waals surface area contributed by atoms with Crippen molar-refractivity contribution in [1.82, 2.24) is 10.2 Å². The number of aliphatic carboxylic acids is 1. The summed E-state index contributed by atoms with van der Waals surface area (Å²) in [4.78, 5) is 46.0. The molecule has 1 aliphatic rings. The summed E-state index contributed by atoms with van der Waals surface area (Å²) in [6.07, 6.45) is 1.25. The normalized spacial score (nSPS) is 14.0. The van der Waals surface area contributed by atoms with Gasteiger partial charge in [0, 0.05) is 31.2 Å². The van der Waals surface area contributed by atoms with Gasteiger partial charge in [-0.25, -0.2) is 0 Å². The SMILES string of the molecule is CC1=CC(=O)N(CCC(=O)NCCOCCOCCC(=O)O)C1=O. The molecule has 9 heteroatoms. The van der Waals surface area contributed by atoms with Gasteiger partial charge < -0.3 is 19.9 Å². The predicted octanol–water partition coefficient (Wildman–Crippen LogP) is -0.684. The van der Waals surface area contributed by atoms with Crippen molar-refractivity contribution in [2.45, 2.75) is 19.8 Å². The molecule has 3 amide bonds. The van der Waals surface area contributed by atoms with Crippen LogP contribution in [0.25, 0.3) is 0 Å². The molecule has 0 aromatic carbocycles. The van der Waals surface area contributed by atoms with E-state index >= 15 is 0 Å². The number of nitrogens with zero attached hydrogens (tertiary/aromatic N) is 1. The van der Waals surface area contributed by atoms with Gasteiger partial charge in [-0.1, -0.05) is 0 Å². The summed E-state index contributed by atoms with van der Waals surface area (Å²) < 4.78 is 10.2. The van der Waals surface area contributed by atoms with Crippen LogP contribution in [0.1, 0.15) is 19.8 Å². The van der Waals surface area contributed by atoms with E-state index in [1.54, 1.807) is 6.92 Å². The first kappa shape index (κ1) is 19.8. The summed E-state index contributed by atoms with van der Waals surface area (Å²) in [5.74, 6) is -1.95. The van der Waals surface area contributed by atoms with Crippen LogP contribution in [0.3, 0.4) is 0 Å². The van der Waals surface area contributed by atoms with Crippen LogP contribution in [0.4, 0.5) is 0 Å². The smallest absolute Gasteiger partial charge is 0.305 e. The van der Waals surface area contributed by atoms with Gasteiger partial charge >= 0.3 is 5.97 Å². The number of rotatable bonds is 12. The van der Waals surface area contributed by atoms with Crippen molar-refractivity contribution in [3.8, 4) is 0 Å². The van der Waals surface area contributed by atoms with Gasteiger partial charge in [0.1, 0.15) is 0 Å². The molecule has 0 unspecified atom stereocenters. The zero-order valence-corrected chi connectivity index (χ0v) is 13.6. The summed E-state index contributed by atoms with van der Waals surface area (Å²) in [7, 11) is 0. The topological polar surface area (TPSA) is 122 Å². The number of carbonyl (C=O) groups is 4. The van der Waals surface area contributed by atoms with Gasteiger partial charge in [-0.05, 0) is 6.92 Å². The largest absolute Gasteiger partial charge is 0.481 e. The zero-order valence-electron chi connectivity index (χ0n) is 13.6. The second kappa shape index (κ2) is 10.5. The van der Waals surface area contributed by atoms with Crippen molar-refractivity contribution < 1.29 is 33.8 Å². The Morgan fingerprint density at radius 3 is 2.38 bits per heavy atom. The van der Waals surface area contributed by atoms with Crippen LogP contribution >= 0.6 is 0 Å². The molecule has 2 N–H and O–H groups in total. The molecule has 0 aromatic rings. The molecule has 0 spiro atoms. The van der Waals surface area contributed by atoms with Crippen LogP contribution in [-0.4, -0.2) is 73.2 Å². The molecule has 0 radical (unpaired) electrons. The van der Waals surface area contributed by atoms with Crippen molar-refractivity contribution in [3.63, 3.8) is 0 Å². The molecule has 1 rings (SSSR count). The van der Waals surface area contributed by atoms with E-state index in [9.17, 15) is 19.2 Å². The molecule has 0 saturated carbocycles. The van der Waals surface area contributed by atoms with Crippen LogP contribution in [-0.2, 0) is 28.7 Å². The number of amides is 3. The maximum atomic E-state index is 11.6. The number of hydrogen-bond donors (Lipinski definition) is 2. The van der Waals surface area contributed by atoms with Crippen LogP contribution in [0, 0.1) is 0 Å². The Balaban J connectivity index is 1.98. The highest BCUT2D eigenvalue weighted by atomic mass is 16.5. The van der Waals surface area contributed by atoms with Crippen molar-refractivity contribution in [2.24, 2.45) is 0 Å². The maximum absolute atomic E-state index is 11.6. The highest BCUT2D eigenvalue weighted by Gasteiger charge is 2.28. The lowest BCUT2D eigenvalue weighted by molar-refractivity contribution is -0.139. The van der Waals surface area contributed by atoms with Gasteiger partial charge in [0.2, 0.25) is 5.91 Å². The van der Waals surface area contributed by atoms with E-state index in [0.29, 0.717) is 18.7 Å². The van der Waals surface area contributed by atoms with Gasteiger partial charge in [0.25, 0.3) is 11.8 Å². The average molecular weight is 342 g/mol. The number of carbonyl (C=O) groups excluding carboxylic acids is 3. The van der Waals surface area contributed by atoms with Crippen LogP contribution in [0.15, 0.2) is 11.6 Å². The molecule has 0 fully saturated rings. The van der Waals surface area contributed by atoms with Gasteiger partial charge in [-0.3, -0.25) is 24.1 Å². The molecule has 0 aliphatic carbocycles. The third-order valence-corrected chi connectivity index (χ3v) is 3.15. The highest BCUT2D eigenvalue weighted by Crippen LogP contribution is 2.11. The van der Waals surface area contributed by atoms with Gasteiger partial charge in [-0.15, -0.1) is 0 Å². The Hall–Kier alpha value is -2.26. The standard InChI is InChI=1S/C15H22N2O7/c1-11-10-13(19)17(15(11)22)5-2-12(18)16-4-7-24-9-8-23-6-3-14(20)21/h10H,2-9H2,1H3,(H,16,18)(H,20,21). The predicted molar refractivity (Wildman–Crippen MR) is 82.0 cm³/mol. The number of carboxylic acids is 1. The number of ether oxygens (including phenoxy) is 2. The lowest BCUT2D eigenvalue weighted by Gasteiger charge is -2.14. The molecule has 9 nitrogen and oxygen atoms in total. The molecule has 0 aromatic heterocycles. The average Bonchev–Trinajstić information content (AvgIpc) is 2.76.